The Morgan fingerprint density at radius 3 is 2.60 bits per heavy atom. The van der Waals surface area contributed by atoms with Crippen LogP contribution in [-0.4, -0.2) is 23.5 Å². The molecule has 1 aromatic rings. The van der Waals surface area contributed by atoms with Crippen molar-refractivity contribution in [3.05, 3.63) is 20.8 Å². The minimum absolute atomic E-state index is 0.0288. The van der Waals surface area contributed by atoms with E-state index in [1.807, 2.05) is 26.0 Å². The van der Waals surface area contributed by atoms with E-state index < -0.39 is 5.41 Å². The third-order valence-electron chi connectivity index (χ3n) is 3.53. The molecule has 4 N–H and O–H groups in total. The van der Waals surface area contributed by atoms with Crippen molar-refractivity contribution < 1.29 is 10.0 Å². The van der Waals surface area contributed by atoms with E-state index in [4.69, 9.17) is 10.9 Å². The minimum Gasteiger partial charge on any atom is -0.409 e. The van der Waals surface area contributed by atoms with Crippen LogP contribution in [0.5, 0.6) is 0 Å². The Morgan fingerprint density at radius 1 is 1.50 bits per heavy atom. The van der Waals surface area contributed by atoms with Crippen LogP contribution < -0.4 is 11.1 Å². The second kappa shape index (κ2) is 7.64. The van der Waals surface area contributed by atoms with E-state index in [0.717, 1.165) is 10.2 Å². The lowest BCUT2D eigenvalue weighted by Crippen LogP contribution is -2.49. The van der Waals surface area contributed by atoms with Gasteiger partial charge >= 0.3 is 0 Å². The van der Waals surface area contributed by atoms with Gasteiger partial charge in [-0.25, -0.2) is 0 Å². The number of amides is 1. The molecule has 0 saturated heterocycles. The number of thiophene rings is 1. The molecular formula is C13H20BrN3O2S. The van der Waals surface area contributed by atoms with E-state index in [0.29, 0.717) is 19.4 Å². The van der Waals surface area contributed by atoms with Crippen LogP contribution in [0, 0.1) is 5.41 Å². The van der Waals surface area contributed by atoms with Gasteiger partial charge in [-0.3, -0.25) is 4.79 Å². The summed E-state index contributed by atoms with van der Waals surface area (Å²) in [6, 6.07) is 4.01. The van der Waals surface area contributed by atoms with Crippen LogP contribution in [-0.2, 0) is 11.2 Å². The van der Waals surface area contributed by atoms with Crippen LogP contribution in [0.2, 0.25) is 0 Å². The summed E-state index contributed by atoms with van der Waals surface area (Å²) in [6.45, 7) is 4.25. The number of oxime groups is 1. The molecule has 0 spiro atoms. The van der Waals surface area contributed by atoms with Crippen molar-refractivity contribution in [1.29, 1.82) is 0 Å². The normalized spacial score (nSPS) is 12.4. The molecule has 0 radical (unpaired) electrons. The predicted octanol–water partition coefficient (Wildman–Crippen LogP) is 2.72. The van der Waals surface area contributed by atoms with Crippen molar-refractivity contribution in [2.24, 2.45) is 16.3 Å². The van der Waals surface area contributed by atoms with Crippen LogP contribution in [0.25, 0.3) is 0 Å². The molecule has 0 aliphatic heterocycles. The van der Waals surface area contributed by atoms with Gasteiger partial charge < -0.3 is 16.3 Å². The zero-order chi connectivity index (χ0) is 15.2. The van der Waals surface area contributed by atoms with Gasteiger partial charge in [0.15, 0.2) is 5.84 Å². The first-order valence-electron chi connectivity index (χ1n) is 6.50. The number of carbonyl (C=O) groups is 1. The summed E-state index contributed by atoms with van der Waals surface area (Å²) >= 11 is 5.05. The second-order valence-corrected chi connectivity index (χ2v) is 7.03. The highest BCUT2D eigenvalue weighted by Gasteiger charge is 2.39. The average molecular weight is 362 g/mol. The van der Waals surface area contributed by atoms with Gasteiger partial charge in [-0.1, -0.05) is 19.0 Å². The summed E-state index contributed by atoms with van der Waals surface area (Å²) in [4.78, 5) is 13.5. The molecule has 0 aliphatic carbocycles. The summed E-state index contributed by atoms with van der Waals surface area (Å²) in [5.41, 5.74) is 4.77. The monoisotopic (exact) mass is 361 g/mol. The highest BCUT2D eigenvalue weighted by molar-refractivity contribution is 9.11. The fourth-order valence-corrected chi connectivity index (χ4v) is 3.58. The second-order valence-electron chi connectivity index (χ2n) is 4.49. The molecule has 7 heteroatoms. The van der Waals surface area contributed by atoms with Gasteiger partial charge in [0.25, 0.3) is 0 Å². The van der Waals surface area contributed by atoms with E-state index in [-0.39, 0.29) is 11.7 Å². The number of hydrogen-bond acceptors (Lipinski definition) is 4. The Bertz CT molecular complexity index is 484. The van der Waals surface area contributed by atoms with Crippen molar-refractivity contribution >= 4 is 39.0 Å². The summed E-state index contributed by atoms with van der Waals surface area (Å²) in [7, 11) is 0. The van der Waals surface area contributed by atoms with Crippen molar-refractivity contribution in [1.82, 2.24) is 5.32 Å². The molecular weight excluding hydrogens is 342 g/mol. The van der Waals surface area contributed by atoms with Crippen molar-refractivity contribution in [3.63, 3.8) is 0 Å². The summed E-state index contributed by atoms with van der Waals surface area (Å²) in [5.74, 6) is -0.215. The summed E-state index contributed by atoms with van der Waals surface area (Å²) in [6.07, 6.45) is 1.76. The number of carbonyl (C=O) groups excluding carboxylic acids is 1. The number of nitrogens with two attached hydrogens (primary N) is 1. The van der Waals surface area contributed by atoms with Gasteiger partial charge in [0.2, 0.25) is 5.91 Å². The van der Waals surface area contributed by atoms with Gasteiger partial charge in [0.1, 0.15) is 5.41 Å². The molecule has 1 amide bonds. The summed E-state index contributed by atoms with van der Waals surface area (Å²) in [5, 5.41) is 14.8. The smallest absolute Gasteiger partial charge is 0.233 e. The molecule has 0 unspecified atom stereocenters. The molecule has 0 saturated carbocycles. The zero-order valence-electron chi connectivity index (χ0n) is 11.6. The van der Waals surface area contributed by atoms with E-state index in [1.54, 1.807) is 11.3 Å². The lowest BCUT2D eigenvalue weighted by Gasteiger charge is -2.28. The molecule has 0 atom stereocenters. The molecule has 1 heterocycles. The molecule has 112 valence electrons. The largest absolute Gasteiger partial charge is 0.409 e. The van der Waals surface area contributed by atoms with Crippen molar-refractivity contribution in [2.75, 3.05) is 6.54 Å². The van der Waals surface area contributed by atoms with Crippen LogP contribution in [0.3, 0.4) is 0 Å². The Kier molecular flexibility index (Phi) is 6.48. The van der Waals surface area contributed by atoms with E-state index in [9.17, 15) is 4.79 Å². The van der Waals surface area contributed by atoms with Crippen LogP contribution in [0.15, 0.2) is 21.1 Å². The van der Waals surface area contributed by atoms with Gasteiger partial charge in [-0.15, -0.1) is 11.3 Å². The number of amidine groups is 1. The van der Waals surface area contributed by atoms with E-state index in [2.05, 4.69) is 26.4 Å². The zero-order valence-corrected chi connectivity index (χ0v) is 14.1. The number of nitrogens with zero attached hydrogens (tertiary/aromatic N) is 1. The average Bonchev–Trinajstić information content (AvgIpc) is 2.86. The molecule has 0 fully saturated rings. The molecule has 5 nitrogen and oxygen atoms in total. The van der Waals surface area contributed by atoms with Crippen molar-refractivity contribution in [2.45, 2.75) is 33.1 Å². The molecule has 20 heavy (non-hydrogen) atoms. The van der Waals surface area contributed by atoms with E-state index >= 15 is 0 Å². The summed E-state index contributed by atoms with van der Waals surface area (Å²) < 4.78 is 1.08. The Labute approximate surface area is 131 Å². The van der Waals surface area contributed by atoms with Gasteiger partial charge in [0.05, 0.1) is 3.79 Å². The lowest BCUT2D eigenvalue weighted by molar-refractivity contribution is -0.127. The highest BCUT2D eigenvalue weighted by Crippen LogP contribution is 2.27. The molecule has 0 aliphatic rings. The number of rotatable bonds is 7. The maximum atomic E-state index is 12.3. The third-order valence-corrected chi connectivity index (χ3v) is 5.21. The van der Waals surface area contributed by atoms with Gasteiger partial charge in [0, 0.05) is 11.4 Å². The molecule has 1 aromatic heterocycles. The van der Waals surface area contributed by atoms with E-state index in [1.165, 1.54) is 4.88 Å². The van der Waals surface area contributed by atoms with Gasteiger partial charge in [-0.2, -0.15) is 0 Å². The van der Waals surface area contributed by atoms with Crippen LogP contribution in [0.1, 0.15) is 31.6 Å². The molecule has 0 bridgehead atoms. The number of hydrogen-bond donors (Lipinski definition) is 3. The standard InChI is InChI=1S/C13H20BrN3O2S/c1-3-13(4-2,11(15)17-19)12(18)16-8-7-9-5-6-10(14)20-9/h5-6,19H,3-4,7-8H2,1-2H3,(H2,15,17)(H,16,18). The number of halogens is 1. The molecule has 0 aromatic carbocycles. The first-order valence-corrected chi connectivity index (χ1v) is 8.11. The minimum atomic E-state index is -0.926. The fraction of sp³-hybridized carbons (Fsp3) is 0.538. The maximum Gasteiger partial charge on any atom is 0.233 e. The first kappa shape index (κ1) is 17.0. The quantitative estimate of drug-likeness (QED) is 0.302. The predicted molar refractivity (Wildman–Crippen MR) is 85.2 cm³/mol. The van der Waals surface area contributed by atoms with Crippen molar-refractivity contribution in [3.8, 4) is 0 Å². The SMILES string of the molecule is CCC(CC)(C(=O)NCCc1ccc(Br)s1)/C(N)=N/O. The Balaban J connectivity index is 2.63. The topological polar surface area (TPSA) is 87.7 Å². The van der Waals surface area contributed by atoms with Crippen LogP contribution in [0.4, 0.5) is 0 Å². The molecule has 1 rings (SSSR count). The first-order chi connectivity index (χ1) is 9.50. The Morgan fingerprint density at radius 2 is 2.15 bits per heavy atom. The lowest BCUT2D eigenvalue weighted by atomic mass is 9.80. The third kappa shape index (κ3) is 3.73. The highest BCUT2D eigenvalue weighted by atomic mass is 79.9. The fourth-order valence-electron chi connectivity index (χ4n) is 2.10. The maximum absolute atomic E-state index is 12.3. The van der Waals surface area contributed by atoms with Gasteiger partial charge in [-0.05, 0) is 47.3 Å². The Hall–Kier alpha value is -1.08. The van der Waals surface area contributed by atoms with Crippen LogP contribution >= 0.6 is 27.3 Å². The number of nitrogens with one attached hydrogen (secondary N) is 1.